The van der Waals surface area contributed by atoms with Gasteiger partial charge in [-0.05, 0) is 43.0 Å². The van der Waals surface area contributed by atoms with Crippen molar-refractivity contribution in [3.8, 4) is 0 Å². The van der Waals surface area contributed by atoms with Crippen molar-refractivity contribution in [2.45, 2.75) is 31.8 Å². The molecule has 1 aliphatic rings. The van der Waals surface area contributed by atoms with Gasteiger partial charge >= 0.3 is 0 Å². The van der Waals surface area contributed by atoms with Crippen LogP contribution in [0.15, 0.2) is 48.8 Å². The summed E-state index contributed by atoms with van der Waals surface area (Å²) in [5.74, 6) is 0.0377. The third kappa shape index (κ3) is 3.11. The predicted molar refractivity (Wildman–Crippen MR) is 83.0 cm³/mol. The van der Waals surface area contributed by atoms with Crippen LogP contribution in [0.4, 0.5) is 5.69 Å². The zero-order chi connectivity index (χ0) is 14.7. The minimum atomic E-state index is -0.187. The summed E-state index contributed by atoms with van der Waals surface area (Å²) in [6, 6.07) is 11.8. The number of aryl methyl sites for hydroxylation is 1. The molecular weight excluding hydrogens is 262 g/mol. The van der Waals surface area contributed by atoms with Gasteiger partial charge in [-0.1, -0.05) is 24.3 Å². The van der Waals surface area contributed by atoms with E-state index >= 15 is 0 Å². The van der Waals surface area contributed by atoms with Crippen LogP contribution in [0.3, 0.4) is 0 Å². The number of fused-ring (bicyclic) bond motifs is 1. The molecule has 0 saturated carbocycles. The van der Waals surface area contributed by atoms with Crippen LogP contribution in [0.25, 0.3) is 0 Å². The number of carbonyl (C=O) groups excluding carboxylic acids is 1. The summed E-state index contributed by atoms with van der Waals surface area (Å²) in [5, 5.41) is 6.42. The topological polar surface area (TPSA) is 54.0 Å². The van der Waals surface area contributed by atoms with Gasteiger partial charge in [0.25, 0.3) is 0 Å². The fraction of sp³-hybridized carbons (Fsp3) is 0.294. The fourth-order valence-corrected chi connectivity index (χ4v) is 2.70. The summed E-state index contributed by atoms with van der Waals surface area (Å²) in [6.45, 7) is 2.06. The lowest BCUT2D eigenvalue weighted by molar-refractivity contribution is -0.118. The van der Waals surface area contributed by atoms with E-state index in [0.717, 1.165) is 24.1 Å². The Kier molecular flexibility index (Phi) is 3.97. The molecule has 0 aliphatic carbocycles. The number of rotatable bonds is 3. The summed E-state index contributed by atoms with van der Waals surface area (Å²) in [6.07, 6.45) is 5.28. The van der Waals surface area contributed by atoms with Crippen LogP contribution in [0.2, 0.25) is 0 Å². The second kappa shape index (κ2) is 6.06. The van der Waals surface area contributed by atoms with Crippen molar-refractivity contribution in [2.75, 3.05) is 5.32 Å². The molecule has 2 N–H and O–H groups in total. The standard InChI is InChI=1S/C17H19N3O/c1-12(14-6-4-10-18-11-14)19-16-9-8-13-5-2-3-7-15(13)20-17(16)21/h2-7,10-12,16,19H,8-9H2,1H3,(H,20,21)/t12-,16?/m0/s1. The van der Waals surface area contributed by atoms with E-state index in [9.17, 15) is 4.79 Å². The lowest BCUT2D eigenvalue weighted by Gasteiger charge is -2.21. The number of anilines is 1. The Morgan fingerprint density at radius 2 is 2.14 bits per heavy atom. The molecule has 21 heavy (non-hydrogen) atoms. The van der Waals surface area contributed by atoms with Gasteiger partial charge in [0.1, 0.15) is 0 Å². The Bertz CT molecular complexity index is 627. The molecule has 2 atom stereocenters. The van der Waals surface area contributed by atoms with E-state index in [2.05, 4.69) is 28.6 Å². The highest BCUT2D eigenvalue weighted by Crippen LogP contribution is 2.22. The monoisotopic (exact) mass is 281 g/mol. The molecule has 4 nitrogen and oxygen atoms in total. The van der Waals surface area contributed by atoms with Gasteiger partial charge in [0.15, 0.2) is 0 Å². The summed E-state index contributed by atoms with van der Waals surface area (Å²) in [5.41, 5.74) is 3.22. The van der Waals surface area contributed by atoms with Gasteiger partial charge in [-0.2, -0.15) is 0 Å². The molecule has 1 unspecified atom stereocenters. The number of benzene rings is 1. The molecule has 2 aromatic rings. The third-order valence-electron chi connectivity index (χ3n) is 3.93. The van der Waals surface area contributed by atoms with E-state index < -0.39 is 0 Å². The Hall–Kier alpha value is -2.20. The highest BCUT2D eigenvalue weighted by Gasteiger charge is 2.24. The molecule has 1 aromatic carbocycles. The SMILES string of the molecule is C[C@H](NC1CCc2ccccc2NC1=O)c1cccnc1. The van der Waals surface area contributed by atoms with Crippen LogP contribution >= 0.6 is 0 Å². The van der Waals surface area contributed by atoms with E-state index in [1.807, 2.05) is 36.5 Å². The maximum atomic E-state index is 12.4. The van der Waals surface area contributed by atoms with Gasteiger partial charge in [-0.15, -0.1) is 0 Å². The Morgan fingerprint density at radius 3 is 2.95 bits per heavy atom. The van der Waals surface area contributed by atoms with Crippen molar-refractivity contribution < 1.29 is 4.79 Å². The lowest BCUT2D eigenvalue weighted by atomic mass is 10.0. The number of hydrogen-bond acceptors (Lipinski definition) is 3. The molecule has 108 valence electrons. The van der Waals surface area contributed by atoms with Gasteiger partial charge in [0.05, 0.1) is 6.04 Å². The minimum absolute atomic E-state index is 0.0377. The number of carbonyl (C=O) groups is 1. The van der Waals surface area contributed by atoms with Crippen LogP contribution in [0, 0.1) is 0 Å². The molecule has 0 saturated heterocycles. The third-order valence-corrected chi connectivity index (χ3v) is 3.93. The molecule has 3 rings (SSSR count). The summed E-state index contributed by atoms with van der Waals surface area (Å²) >= 11 is 0. The van der Waals surface area contributed by atoms with Crippen LogP contribution in [-0.4, -0.2) is 16.9 Å². The maximum Gasteiger partial charge on any atom is 0.241 e. The number of aromatic nitrogens is 1. The molecule has 0 spiro atoms. The molecule has 1 aromatic heterocycles. The number of amides is 1. The quantitative estimate of drug-likeness (QED) is 0.909. The molecule has 0 bridgehead atoms. The number of nitrogens with zero attached hydrogens (tertiary/aromatic N) is 1. The molecule has 2 heterocycles. The normalized spacial score (nSPS) is 19.3. The number of nitrogens with one attached hydrogen (secondary N) is 2. The van der Waals surface area contributed by atoms with Crippen molar-refractivity contribution in [1.82, 2.24) is 10.3 Å². The molecule has 4 heteroatoms. The van der Waals surface area contributed by atoms with Gasteiger partial charge in [-0.25, -0.2) is 0 Å². The highest BCUT2D eigenvalue weighted by molar-refractivity contribution is 5.96. The first-order valence-corrected chi connectivity index (χ1v) is 7.29. The van der Waals surface area contributed by atoms with Crippen molar-refractivity contribution in [1.29, 1.82) is 0 Å². The Morgan fingerprint density at radius 1 is 1.29 bits per heavy atom. The molecular formula is C17H19N3O. The summed E-state index contributed by atoms with van der Waals surface area (Å²) < 4.78 is 0. The predicted octanol–water partition coefficient (Wildman–Crippen LogP) is 2.69. The lowest BCUT2D eigenvalue weighted by Crippen LogP contribution is -2.41. The van der Waals surface area contributed by atoms with E-state index in [-0.39, 0.29) is 18.0 Å². The second-order valence-corrected chi connectivity index (χ2v) is 5.41. The van der Waals surface area contributed by atoms with E-state index in [0.29, 0.717) is 0 Å². The maximum absolute atomic E-state index is 12.4. The summed E-state index contributed by atoms with van der Waals surface area (Å²) in [4.78, 5) is 16.5. The number of pyridine rings is 1. The van der Waals surface area contributed by atoms with Crippen LogP contribution in [-0.2, 0) is 11.2 Å². The van der Waals surface area contributed by atoms with Gasteiger partial charge in [0, 0.05) is 24.1 Å². The molecule has 1 aliphatic heterocycles. The Labute approximate surface area is 124 Å². The average molecular weight is 281 g/mol. The van der Waals surface area contributed by atoms with Crippen LogP contribution in [0.1, 0.15) is 30.5 Å². The first kappa shape index (κ1) is 13.8. The van der Waals surface area contributed by atoms with E-state index in [1.165, 1.54) is 5.56 Å². The average Bonchev–Trinajstić information content (AvgIpc) is 2.67. The number of hydrogen-bond donors (Lipinski definition) is 2. The zero-order valence-electron chi connectivity index (χ0n) is 12.0. The van der Waals surface area contributed by atoms with Crippen LogP contribution < -0.4 is 10.6 Å². The fourth-order valence-electron chi connectivity index (χ4n) is 2.70. The van der Waals surface area contributed by atoms with Gasteiger partial charge in [-0.3, -0.25) is 15.1 Å². The van der Waals surface area contributed by atoms with E-state index in [1.54, 1.807) is 6.20 Å². The summed E-state index contributed by atoms with van der Waals surface area (Å²) in [7, 11) is 0. The molecule has 0 fully saturated rings. The highest BCUT2D eigenvalue weighted by atomic mass is 16.2. The smallest absolute Gasteiger partial charge is 0.241 e. The van der Waals surface area contributed by atoms with Crippen molar-refractivity contribution in [3.05, 3.63) is 59.9 Å². The first-order valence-electron chi connectivity index (χ1n) is 7.29. The largest absolute Gasteiger partial charge is 0.324 e. The van der Waals surface area contributed by atoms with Crippen molar-refractivity contribution in [2.24, 2.45) is 0 Å². The van der Waals surface area contributed by atoms with Crippen molar-refractivity contribution in [3.63, 3.8) is 0 Å². The zero-order valence-corrected chi connectivity index (χ0v) is 12.0. The van der Waals surface area contributed by atoms with Crippen LogP contribution in [0.5, 0.6) is 0 Å². The van der Waals surface area contributed by atoms with Gasteiger partial charge in [0.2, 0.25) is 5.91 Å². The van der Waals surface area contributed by atoms with E-state index in [4.69, 9.17) is 0 Å². The van der Waals surface area contributed by atoms with Crippen molar-refractivity contribution >= 4 is 11.6 Å². The number of para-hydroxylation sites is 1. The minimum Gasteiger partial charge on any atom is -0.324 e. The second-order valence-electron chi connectivity index (χ2n) is 5.41. The van der Waals surface area contributed by atoms with Gasteiger partial charge < -0.3 is 5.32 Å². The molecule has 0 radical (unpaired) electrons. The molecule has 1 amide bonds. The first-order chi connectivity index (χ1) is 10.2. The Balaban J connectivity index is 1.71.